The van der Waals surface area contributed by atoms with Gasteiger partial charge in [0, 0.05) is 51.1 Å². The first-order valence-electron chi connectivity index (χ1n) is 9.74. The summed E-state index contributed by atoms with van der Waals surface area (Å²) in [5.74, 6) is 0.795. The van der Waals surface area contributed by atoms with Gasteiger partial charge in [-0.25, -0.2) is 4.99 Å². The fourth-order valence-electron chi connectivity index (χ4n) is 3.12. The number of nitrogens with zero attached hydrogens (tertiary/aromatic N) is 1. The molecule has 1 atom stereocenters. The zero-order valence-electron chi connectivity index (χ0n) is 16.6. The van der Waals surface area contributed by atoms with Crippen LogP contribution in [0.2, 0.25) is 0 Å². The third-order valence-electron chi connectivity index (χ3n) is 4.81. The molecule has 0 bridgehead atoms. The maximum absolute atomic E-state index is 9.36. The third-order valence-corrected chi connectivity index (χ3v) is 4.81. The number of methoxy groups -OCH3 is 1. The number of ether oxygens (including phenoxy) is 2. The predicted octanol–water partition coefficient (Wildman–Crippen LogP) is 1.59. The lowest BCUT2D eigenvalue weighted by molar-refractivity contribution is 0.127. The molecule has 27 heavy (non-hydrogen) atoms. The van der Waals surface area contributed by atoms with Gasteiger partial charge in [0.15, 0.2) is 5.96 Å². The van der Waals surface area contributed by atoms with Crippen LogP contribution in [0.25, 0.3) is 0 Å². The zero-order chi connectivity index (χ0) is 19.4. The summed E-state index contributed by atoms with van der Waals surface area (Å²) < 4.78 is 10.6. The monoisotopic (exact) mass is 378 g/mol. The summed E-state index contributed by atoms with van der Waals surface area (Å²) in [5.41, 5.74) is 2.23. The van der Waals surface area contributed by atoms with E-state index in [1.165, 1.54) is 0 Å². The number of aliphatic hydroxyl groups excluding tert-OH is 1. The van der Waals surface area contributed by atoms with Crippen molar-refractivity contribution in [3.8, 4) is 0 Å². The largest absolute Gasteiger partial charge is 0.396 e. The molecule has 1 aliphatic heterocycles. The van der Waals surface area contributed by atoms with E-state index in [-0.39, 0.29) is 12.0 Å². The molecular formula is C20H34N4O3. The van der Waals surface area contributed by atoms with E-state index in [1.807, 2.05) is 0 Å². The minimum atomic E-state index is 0.000459. The SMILES string of the molecule is CCNC(=NCc1ccc(NCCOC)cc1)NCC1(CCO)CCOC1. The van der Waals surface area contributed by atoms with Gasteiger partial charge in [0.1, 0.15) is 0 Å². The Bertz CT molecular complexity index is 557. The smallest absolute Gasteiger partial charge is 0.191 e. The Morgan fingerprint density at radius 1 is 1.30 bits per heavy atom. The average Bonchev–Trinajstić information content (AvgIpc) is 3.14. The lowest BCUT2D eigenvalue weighted by Crippen LogP contribution is -2.44. The topological polar surface area (TPSA) is 87.1 Å². The molecule has 4 N–H and O–H groups in total. The molecule has 1 heterocycles. The maximum Gasteiger partial charge on any atom is 0.191 e. The molecule has 1 aliphatic rings. The van der Waals surface area contributed by atoms with E-state index in [0.717, 1.165) is 56.3 Å². The summed E-state index contributed by atoms with van der Waals surface area (Å²) in [7, 11) is 1.70. The number of rotatable bonds is 11. The second-order valence-corrected chi connectivity index (χ2v) is 6.94. The summed E-state index contributed by atoms with van der Waals surface area (Å²) in [6.45, 7) is 7.34. The van der Waals surface area contributed by atoms with Gasteiger partial charge >= 0.3 is 0 Å². The minimum Gasteiger partial charge on any atom is -0.396 e. The van der Waals surface area contributed by atoms with Crippen molar-refractivity contribution in [2.75, 3.05) is 58.5 Å². The van der Waals surface area contributed by atoms with E-state index in [2.05, 4.69) is 47.1 Å². The van der Waals surface area contributed by atoms with Gasteiger partial charge in [-0.05, 0) is 37.5 Å². The first-order chi connectivity index (χ1) is 13.2. The molecule has 152 valence electrons. The van der Waals surface area contributed by atoms with Crippen LogP contribution in [0.5, 0.6) is 0 Å². The van der Waals surface area contributed by atoms with Gasteiger partial charge in [-0.15, -0.1) is 0 Å². The molecule has 1 fully saturated rings. The van der Waals surface area contributed by atoms with Crippen molar-refractivity contribution >= 4 is 11.6 Å². The van der Waals surface area contributed by atoms with Gasteiger partial charge in [-0.3, -0.25) is 0 Å². The van der Waals surface area contributed by atoms with Crippen molar-refractivity contribution in [2.45, 2.75) is 26.3 Å². The number of aliphatic hydroxyl groups is 1. The van der Waals surface area contributed by atoms with Crippen LogP contribution in [-0.2, 0) is 16.0 Å². The molecule has 0 saturated carbocycles. The van der Waals surface area contributed by atoms with Crippen LogP contribution >= 0.6 is 0 Å². The molecule has 1 unspecified atom stereocenters. The molecule has 1 aromatic carbocycles. The van der Waals surface area contributed by atoms with Crippen molar-refractivity contribution in [1.82, 2.24) is 10.6 Å². The highest BCUT2D eigenvalue weighted by atomic mass is 16.5. The van der Waals surface area contributed by atoms with Crippen molar-refractivity contribution in [3.63, 3.8) is 0 Å². The van der Waals surface area contributed by atoms with Crippen LogP contribution in [0.1, 0.15) is 25.3 Å². The van der Waals surface area contributed by atoms with Crippen molar-refractivity contribution in [1.29, 1.82) is 0 Å². The van der Waals surface area contributed by atoms with Crippen LogP contribution in [0.15, 0.2) is 29.3 Å². The van der Waals surface area contributed by atoms with Crippen molar-refractivity contribution in [3.05, 3.63) is 29.8 Å². The standard InChI is InChI=1S/C20H34N4O3/c1-3-21-19(24-15-20(8-11-25)9-12-27-16-20)23-14-17-4-6-18(7-5-17)22-10-13-26-2/h4-7,22,25H,3,8-16H2,1-2H3,(H2,21,23,24). The lowest BCUT2D eigenvalue weighted by Gasteiger charge is -2.27. The van der Waals surface area contributed by atoms with E-state index in [1.54, 1.807) is 7.11 Å². The summed E-state index contributed by atoms with van der Waals surface area (Å²) >= 11 is 0. The molecule has 7 nitrogen and oxygen atoms in total. The Morgan fingerprint density at radius 3 is 2.74 bits per heavy atom. The number of nitrogens with one attached hydrogen (secondary N) is 3. The first-order valence-corrected chi connectivity index (χ1v) is 9.74. The Kier molecular flexibility index (Phi) is 9.38. The predicted molar refractivity (Wildman–Crippen MR) is 109 cm³/mol. The summed E-state index contributed by atoms with van der Waals surface area (Å²) in [5, 5.41) is 19.4. The van der Waals surface area contributed by atoms with Crippen LogP contribution in [0, 0.1) is 5.41 Å². The quantitative estimate of drug-likeness (QED) is 0.266. The highest BCUT2D eigenvalue weighted by Gasteiger charge is 2.34. The van der Waals surface area contributed by atoms with Crippen LogP contribution in [0.4, 0.5) is 5.69 Å². The molecule has 1 aromatic rings. The Morgan fingerprint density at radius 2 is 2.11 bits per heavy atom. The van der Waals surface area contributed by atoms with Crippen molar-refractivity contribution < 1.29 is 14.6 Å². The van der Waals surface area contributed by atoms with Gasteiger partial charge in [0.05, 0.1) is 19.8 Å². The molecule has 0 aliphatic carbocycles. The van der Waals surface area contributed by atoms with Gasteiger partial charge in [0.2, 0.25) is 0 Å². The van der Waals surface area contributed by atoms with Crippen LogP contribution in [-0.4, -0.2) is 64.2 Å². The van der Waals surface area contributed by atoms with Crippen molar-refractivity contribution in [2.24, 2.45) is 10.4 Å². The van der Waals surface area contributed by atoms with Crippen LogP contribution in [0.3, 0.4) is 0 Å². The number of benzene rings is 1. The Hall–Kier alpha value is -1.83. The number of hydrogen-bond donors (Lipinski definition) is 4. The number of anilines is 1. The fourth-order valence-corrected chi connectivity index (χ4v) is 3.12. The maximum atomic E-state index is 9.36. The molecule has 1 saturated heterocycles. The van der Waals surface area contributed by atoms with Gasteiger partial charge < -0.3 is 30.5 Å². The summed E-state index contributed by atoms with van der Waals surface area (Å²) in [4.78, 5) is 4.69. The molecule has 7 heteroatoms. The minimum absolute atomic E-state index is 0.000459. The second kappa shape index (κ2) is 11.8. The normalized spacial score (nSPS) is 19.9. The van der Waals surface area contributed by atoms with E-state index in [0.29, 0.717) is 19.8 Å². The average molecular weight is 379 g/mol. The third kappa shape index (κ3) is 7.36. The first kappa shape index (κ1) is 21.5. The van der Waals surface area contributed by atoms with Gasteiger partial charge in [-0.2, -0.15) is 0 Å². The van der Waals surface area contributed by atoms with E-state index < -0.39 is 0 Å². The van der Waals surface area contributed by atoms with Gasteiger partial charge in [0.25, 0.3) is 0 Å². The van der Waals surface area contributed by atoms with Gasteiger partial charge in [-0.1, -0.05) is 12.1 Å². The molecular weight excluding hydrogens is 344 g/mol. The summed E-state index contributed by atoms with van der Waals surface area (Å²) in [6, 6.07) is 8.29. The van der Waals surface area contributed by atoms with E-state index in [9.17, 15) is 5.11 Å². The molecule has 0 spiro atoms. The highest BCUT2D eigenvalue weighted by molar-refractivity contribution is 5.79. The Balaban J connectivity index is 1.88. The second-order valence-electron chi connectivity index (χ2n) is 6.94. The molecule has 0 amide bonds. The lowest BCUT2D eigenvalue weighted by atomic mass is 9.84. The molecule has 0 aromatic heterocycles. The zero-order valence-corrected chi connectivity index (χ0v) is 16.6. The van der Waals surface area contributed by atoms with E-state index in [4.69, 9.17) is 14.5 Å². The van der Waals surface area contributed by atoms with E-state index >= 15 is 0 Å². The number of guanidine groups is 1. The Labute approximate surface area is 162 Å². The summed E-state index contributed by atoms with van der Waals surface area (Å²) in [6.07, 6.45) is 1.72. The number of aliphatic imine (C=N–C) groups is 1. The molecule has 2 rings (SSSR count). The number of hydrogen-bond acceptors (Lipinski definition) is 5. The van der Waals surface area contributed by atoms with Crippen LogP contribution < -0.4 is 16.0 Å². The fraction of sp³-hybridized carbons (Fsp3) is 0.650. The highest BCUT2D eigenvalue weighted by Crippen LogP contribution is 2.31. The molecule has 0 radical (unpaired) electrons.